The van der Waals surface area contributed by atoms with E-state index in [9.17, 15) is 4.79 Å². The first-order valence-corrected chi connectivity index (χ1v) is 7.13. The molecule has 0 aromatic carbocycles. The van der Waals surface area contributed by atoms with E-state index in [1.165, 1.54) is 0 Å². The summed E-state index contributed by atoms with van der Waals surface area (Å²) in [6.07, 6.45) is 0.702. The van der Waals surface area contributed by atoms with Crippen molar-refractivity contribution in [2.75, 3.05) is 32.7 Å². The van der Waals surface area contributed by atoms with E-state index in [1.807, 2.05) is 25.3 Å². The van der Waals surface area contributed by atoms with E-state index in [0.29, 0.717) is 12.1 Å². The molecule has 106 valence electrons. The molecule has 1 aromatic rings. The zero-order chi connectivity index (χ0) is 13.8. The average Bonchev–Trinajstić information content (AvgIpc) is 2.44. The van der Waals surface area contributed by atoms with Crippen LogP contribution in [0.2, 0.25) is 0 Å². The van der Waals surface area contributed by atoms with Gasteiger partial charge in [-0.25, -0.2) is 0 Å². The van der Waals surface area contributed by atoms with Crippen LogP contribution < -0.4 is 10.9 Å². The van der Waals surface area contributed by atoms with Crippen molar-refractivity contribution in [1.82, 2.24) is 19.8 Å². The molecule has 5 heteroatoms. The van der Waals surface area contributed by atoms with Crippen LogP contribution in [0.25, 0.3) is 0 Å². The maximum atomic E-state index is 12.3. The van der Waals surface area contributed by atoms with E-state index >= 15 is 0 Å². The lowest BCUT2D eigenvalue weighted by Gasteiger charge is -2.27. The molecule has 2 heterocycles. The Hall–Kier alpha value is -1.20. The second-order valence-electron chi connectivity index (χ2n) is 5.13. The smallest absolute Gasteiger partial charge is 0.272 e. The minimum Gasteiger partial charge on any atom is -0.314 e. The van der Waals surface area contributed by atoms with Gasteiger partial charge in [-0.05, 0) is 20.3 Å². The van der Waals surface area contributed by atoms with Gasteiger partial charge in [-0.1, -0.05) is 6.92 Å². The van der Waals surface area contributed by atoms with Gasteiger partial charge in [-0.15, -0.1) is 0 Å². The third-order valence-electron chi connectivity index (χ3n) is 3.91. The van der Waals surface area contributed by atoms with Gasteiger partial charge in [0.05, 0.1) is 5.69 Å². The fraction of sp³-hybridized carbons (Fsp3) is 0.714. The predicted molar refractivity (Wildman–Crippen MR) is 76.7 cm³/mol. The number of aryl methyl sites for hydroxylation is 2. The molecule has 1 aromatic heterocycles. The Morgan fingerprint density at radius 1 is 1.21 bits per heavy atom. The first kappa shape index (κ1) is 14.2. The first-order valence-electron chi connectivity index (χ1n) is 7.13. The molecule has 0 radical (unpaired) electrons. The molecule has 1 aliphatic rings. The molecule has 0 saturated carbocycles. The Morgan fingerprint density at radius 3 is 2.53 bits per heavy atom. The number of nitrogens with one attached hydrogen (secondary N) is 1. The second-order valence-corrected chi connectivity index (χ2v) is 5.13. The zero-order valence-electron chi connectivity index (χ0n) is 12.2. The number of rotatable bonds is 4. The number of aromatic nitrogens is 2. The molecule has 0 atom stereocenters. The minimum atomic E-state index is 0.0840. The van der Waals surface area contributed by atoms with Crippen LogP contribution in [0, 0.1) is 13.8 Å². The van der Waals surface area contributed by atoms with Crippen LogP contribution in [0.3, 0.4) is 0 Å². The van der Waals surface area contributed by atoms with Crippen molar-refractivity contribution in [3.63, 3.8) is 0 Å². The monoisotopic (exact) mass is 264 g/mol. The molecule has 1 aliphatic heterocycles. The minimum absolute atomic E-state index is 0.0840. The summed E-state index contributed by atoms with van der Waals surface area (Å²) >= 11 is 0. The molecule has 2 rings (SSSR count). The Morgan fingerprint density at radius 2 is 1.89 bits per heavy atom. The van der Waals surface area contributed by atoms with Crippen molar-refractivity contribution in [2.24, 2.45) is 0 Å². The third kappa shape index (κ3) is 3.22. The van der Waals surface area contributed by atoms with Crippen LogP contribution in [0.4, 0.5) is 0 Å². The summed E-state index contributed by atoms with van der Waals surface area (Å²) < 4.78 is 1.89. The molecule has 1 fully saturated rings. The van der Waals surface area contributed by atoms with E-state index in [-0.39, 0.29) is 5.56 Å². The molecule has 0 bridgehead atoms. The van der Waals surface area contributed by atoms with Gasteiger partial charge < -0.3 is 9.88 Å². The first-order chi connectivity index (χ1) is 9.13. The van der Waals surface area contributed by atoms with Crippen LogP contribution in [-0.4, -0.2) is 47.2 Å². The molecule has 19 heavy (non-hydrogen) atoms. The number of hydrogen-bond acceptors (Lipinski definition) is 4. The van der Waals surface area contributed by atoms with Crippen LogP contribution in [0.5, 0.6) is 0 Å². The fourth-order valence-electron chi connectivity index (χ4n) is 2.51. The summed E-state index contributed by atoms with van der Waals surface area (Å²) in [5.74, 6) is 0. The summed E-state index contributed by atoms with van der Waals surface area (Å²) in [7, 11) is 0. The topological polar surface area (TPSA) is 50.2 Å². The molecule has 1 saturated heterocycles. The van der Waals surface area contributed by atoms with E-state index in [1.54, 1.807) is 0 Å². The van der Waals surface area contributed by atoms with Crippen molar-refractivity contribution < 1.29 is 0 Å². The average molecular weight is 264 g/mol. The Balaban J connectivity index is 2.14. The van der Waals surface area contributed by atoms with Crippen molar-refractivity contribution in [2.45, 2.75) is 33.7 Å². The van der Waals surface area contributed by atoms with Crippen molar-refractivity contribution in [3.8, 4) is 0 Å². The summed E-state index contributed by atoms with van der Waals surface area (Å²) in [4.78, 5) is 19.1. The molecule has 5 nitrogen and oxygen atoms in total. The second kappa shape index (κ2) is 6.30. The Labute approximate surface area is 114 Å². The summed E-state index contributed by atoms with van der Waals surface area (Å²) in [5.41, 5.74) is 2.73. The SMILES string of the molecule is CCc1nc(C)c(C)n(CCN2CCNCC2)c1=O. The highest BCUT2D eigenvalue weighted by Gasteiger charge is 2.13. The molecular weight excluding hydrogens is 240 g/mol. The molecule has 0 aliphatic carbocycles. The quantitative estimate of drug-likeness (QED) is 0.851. The van der Waals surface area contributed by atoms with Crippen LogP contribution in [-0.2, 0) is 13.0 Å². The maximum absolute atomic E-state index is 12.3. The van der Waals surface area contributed by atoms with Gasteiger partial charge in [0.2, 0.25) is 0 Å². The zero-order valence-corrected chi connectivity index (χ0v) is 12.2. The van der Waals surface area contributed by atoms with Crippen LogP contribution in [0.15, 0.2) is 4.79 Å². The Kier molecular flexibility index (Phi) is 4.71. The van der Waals surface area contributed by atoms with E-state index < -0.39 is 0 Å². The standard InChI is InChI=1S/C14H24N4O/c1-4-13-14(19)18(12(3)11(2)16-13)10-9-17-7-5-15-6-8-17/h15H,4-10H2,1-3H3. The highest BCUT2D eigenvalue weighted by atomic mass is 16.1. The van der Waals surface area contributed by atoms with Crippen LogP contribution in [0.1, 0.15) is 24.0 Å². The van der Waals surface area contributed by atoms with Gasteiger partial charge >= 0.3 is 0 Å². The van der Waals surface area contributed by atoms with E-state index in [2.05, 4.69) is 15.2 Å². The summed E-state index contributed by atoms with van der Waals surface area (Å²) in [6, 6.07) is 0. The van der Waals surface area contributed by atoms with Crippen molar-refractivity contribution >= 4 is 0 Å². The number of nitrogens with zero attached hydrogens (tertiary/aromatic N) is 3. The fourth-order valence-corrected chi connectivity index (χ4v) is 2.51. The highest BCUT2D eigenvalue weighted by molar-refractivity contribution is 5.13. The van der Waals surface area contributed by atoms with Gasteiger partial charge in [0.1, 0.15) is 5.69 Å². The third-order valence-corrected chi connectivity index (χ3v) is 3.91. The number of piperazine rings is 1. The molecule has 0 amide bonds. The Bertz CT molecular complexity index is 489. The van der Waals surface area contributed by atoms with Gasteiger partial charge in [0.25, 0.3) is 5.56 Å². The molecular formula is C14H24N4O. The lowest BCUT2D eigenvalue weighted by Crippen LogP contribution is -2.45. The van der Waals surface area contributed by atoms with Gasteiger partial charge in [0, 0.05) is 45.0 Å². The molecule has 0 spiro atoms. The summed E-state index contributed by atoms with van der Waals surface area (Å²) in [6.45, 7) is 11.9. The maximum Gasteiger partial charge on any atom is 0.272 e. The molecule has 0 unspecified atom stereocenters. The van der Waals surface area contributed by atoms with Crippen LogP contribution >= 0.6 is 0 Å². The van der Waals surface area contributed by atoms with Crippen molar-refractivity contribution in [1.29, 1.82) is 0 Å². The normalized spacial score (nSPS) is 16.8. The highest BCUT2D eigenvalue weighted by Crippen LogP contribution is 2.03. The largest absolute Gasteiger partial charge is 0.314 e. The number of hydrogen-bond donors (Lipinski definition) is 1. The summed E-state index contributed by atoms with van der Waals surface area (Å²) in [5, 5.41) is 3.34. The predicted octanol–water partition coefficient (Wildman–Crippen LogP) is 0.328. The van der Waals surface area contributed by atoms with E-state index in [0.717, 1.165) is 50.7 Å². The molecule has 1 N–H and O–H groups in total. The van der Waals surface area contributed by atoms with Gasteiger partial charge in [-0.3, -0.25) is 14.7 Å². The van der Waals surface area contributed by atoms with Crippen molar-refractivity contribution in [3.05, 3.63) is 27.4 Å². The van der Waals surface area contributed by atoms with E-state index in [4.69, 9.17) is 0 Å². The van der Waals surface area contributed by atoms with Gasteiger partial charge in [0.15, 0.2) is 0 Å². The van der Waals surface area contributed by atoms with Gasteiger partial charge in [-0.2, -0.15) is 0 Å². The lowest BCUT2D eigenvalue weighted by atomic mass is 10.2. The lowest BCUT2D eigenvalue weighted by molar-refractivity contribution is 0.230.